The summed E-state index contributed by atoms with van der Waals surface area (Å²) in [5.74, 6) is -2.85. The largest absolute Gasteiger partial charge is 0.481 e. The normalized spacial score (nSPS) is 10.3. The molecule has 0 aliphatic heterocycles. The van der Waals surface area contributed by atoms with Crippen molar-refractivity contribution in [2.75, 3.05) is 0 Å². The van der Waals surface area contributed by atoms with E-state index in [-0.39, 0.29) is 44.8 Å². The van der Waals surface area contributed by atoms with Gasteiger partial charge in [0, 0.05) is 44.8 Å². The fourth-order valence-corrected chi connectivity index (χ4v) is 0.253. The Labute approximate surface area is 93.8 Å². The second-order valence-corrected chi connectivity index (χ2v) is 1.45. The van der Waals surface area contributed by atoms with Crippen LogP contribution >= 0.6 is 0 Å². The summed E-state index contributed by atoms with van der Waals surface area (Å²) in [6.45, 7) is 0. The Balaban J connectivity index is -0.000000320. The van der Waals surface area contributed by atoms with Gasteiger partial charge in [-0.3, -0.25) is 4.79 Å². The van der Waals surface area contributed by atoms with Crippen LogP contribution in [0.5, 0.6) is 0 Å². The number of aliphatic hydroxyl groups excluding tert-OH is 1. The Bertz CT molecular complexity index is 136. The quantitative estimate of drug-likeness (QED) is 0.562. The molecule has 7 heteroatoms. The fourth-order valence-electron chi connectivity index (χ4n) is 0.253. The van der Waals surface area contributed by atoms with E-state index in [9.17, 15) is 9.59 Å². The van der Waals surface area contributed by atoms with Gasteiger partial charge in [0.2, 0.25) is 0 Å². The molecule has 0 bridgehead atoms. The molecule has 0 aliphatic carbocycles. The fraction of sp³-hybridized carbons (Fsp3) is 0.500. The van der Waals surface area contributed by atoms with Crippen molar-refractivity contribution < 1.29 is 69.7 Å². The van der Waals surface area contributed by atoms with Crippen molar-refractivity contribution in [2.24, 2.45) is 0 Å². The number of hydrogen-bond donors (Lipinski definition) is 3. The number of carboxylic acids is 2. The van der Waals surface area contributed by atoms with Crippen LogP contribution in [0.15, 0.2) is 0 Å². The molecule has 0 aromatic carbocycles. The van der Waals surface area contributed by atoms with Gasteiger partial charge in [0.1, 0.15) is 0 Å². The Kier molecular flexibility index (Phi) is 13.5. The molecular formula is C4H6Ag2O5. The van der Waals surface area contributed by atoms with E-state index < -0.39 is 24.5 Å². The van der Waals surface area contributed by atoms with Crippen LogP contribution in [0, 0.1) is 0 Å². The van der Waals surface area contributed by atoms with Crippen molar-refractivity contribution in [2.45, 2.75) is 12.5 Å². The van der Waals surface area contributed by atoms with Crippen LogP contribution in [-0.2, 0) is 54.3 Å². The van der Waals surface area contributed by atoms with E-state index >= 15 is 0 Å². The first-order valence-electron chi connectivity index (χ1n) is 2.16. The maximum Gasteiger partial charge on any atom is 0.333 e. The summed E-state index contributed by atoms with van der Waals surface area (Å²) >= 11 is 0. The van der Waals surface area contributed by atoms with Crippen molar-refractivity contribution in [3.05, 3.63) is 0 Å². The van der Waals surface area contributed by atoms with E-state index in [0.29, 0.717) is 0 Å². The third-order valence-corrected chi connectivity index (χ3v) is 0.653. The maximum atomic E-state index is 9.72. The van der Waals surface area contributed by atoms with Crippen LogP contribution in [0.2, 0.25) is 0 Å². The summed E-state index contributed by atoms with van der Waals surface area (Å²) in [5, 5.41) is 24.1. The van der Waals surface area contributed by atoms with E-state index in [1.807, 2.05) is 0 Å². The molecule has 0 amide bonds. The number of carbonyl (C=O) groups is 2. The van der Waals surface area contributed by atoms with Gasteiger partial charge < -0.3 is 15.3 Å². The summed E-state index contributed by atoms with van der Waals surface area (Å²) in [4.78, 5) is 19.4. The van der Waals surface area contributed by atoms with Gasteiger partial charge in [-0.2, -0.15) is 0 Å². The van der Waals surface area contributed by atoms with E-state index in [0.717, 1.165) is 0 Å². The van der Waals surface area contributed by atoms with Gasteiger partial charge in [-0.15, -0.1) is 0 Å². The molecule has 11 heavy (non-hydrogen) atoms. The summed E-state index contributed by atoms with van der Waals surface area (Å²) in [6, 6.07) is 0. The molecule has 2 radical (unpaired) electrons. The van der Waals surface area contributed by atoms with Crippen LogP contribution in [0.3, 0.4) is 0 Å². The number of hydrogen-bond acceptors (Lipinski definition) is 3. The third-order valence-electron chi connectivity index (χ3n) is 0.653. The van der Waals surface area contributed by atoms with Gasteiger partial charge >= 0.3 is 11.9 Å². The standard InChI is InChI=1S/C4H6O5.2Ag/c5-2(4(8)9)1-3(6)7;;/h2,5H,1H2,(H,6,7)(H,8,9);;. The average molecular weight is 350 g/mol. The van der Waals surface area contributed by atoms with Gasteiger partial charge in [0.15, 0.2) is 6.10 Å². The first-order chi connectivity index (χ1) is 4.04. The van der Waals surface area contributed by atoms with E-state index in [4.69, 9.17) is 15.3 Å². The maximum absolute atomic E-state index is 9.72. The van der Waals surface area contributed by atoms with Gasteiger partial charge in [-0.05, 0) is 0 Å². The van der Waals surface area contributed by atoms with Crippen LogP contribution in [0.25, 0.3) is 0 Å². The van der Waals surface area contributed by atoms with Crippen LogP contribution in [0.4, 0.5) is 0 Å². The smallest absolute Gasteiger partial charge is 0.333 e. The molecule has 0 heterocycles. The zero-order chi connectivity index (χ0) is 7.44. The van der Waals surface area contributed by atoms with Crippen LogP contribution < -0.4 is 0 Å². The SMILES string of the molecule is O=C(O)CC(O)C(=O)O.[Ag].[Ag]. The van der Waals surface area contributed by atoms with Crippen LogP contribution in [-0.4, -0.2) is 33.4 Å². The zero-order valence-corrected chi connectivity index (χ0v) is 8.01. The van der Waals surface area contributed by atoms with Gasteiger partial charge in [0.05, 0.1) is 6.42 Å². The molecule has 0 aromatic heterocycles. The van der Waals surface area contributed by atoms with E-state index in [1.54, 1.807) is 0 Å². The van der Waals surface area contributed by atoms with Gasteiger partial charge in [-0.25, -0.2) is 4.79 Å². The summed E-state index contributed by atoms with van der Waals surface area (Å²) in [5.41, 5.74) is 0. The molecular weight excluding hydrogens is 344 g/mol. The molecule has 0 aromatic rings. The molecule has 0 fully saturated rings. The minimum atomic E-state index is -1.79. The minimum Gasteiger partial charge on any atom is -0.481 e. The number of carboxylic acid groups (broad SMARTS) is 2. The Hall–Kier alpha value is 0.381. The second kappa shape index (κ2) is 8.48. The van der Waals surface area contributed by atoms with Gasteiger partial charge in [0.25, 0.3) is 0 Å². The molecule has 74 valence electrons. The molecule has 0 aliphatic rings. The van der Waals surface area contributed by atoms with E-state index in [2.05, 4.69) is 0 Å². The Morgan fingerprint density at radius 3 is 1.64 bits per heavy atom. The predicted octanol–water partition coefficient (Wildman–Crippen LogP) is -1.10. The van der Waals surface area contributed by atoms with Gasteiger partial charge in [-0.1, -0.05) is 0 Å². The zero-order valence-electron chi connectivity index (χ0n) is 5.05. The molecule has 0 saturated carbocycles. The molecule has 3 N–H and O–H groups in total. The molecule has 5 nitrogen and oxygen atoms in total. The first-order valence-corrected chi connectivity index (χ1v) is 2.16. The number of aliphatic carboxylic acids is 2. The molecule has 1 atom stereocenters. The summed E-state index contributed by atoms with van der Waals surface area (Å²) < 4.78 is 0. The Morgan fingerprint density at radius 2 is 1.55 bits per heavy atom. The molecule has 0 spiro atoms. The van der Waals surface area contributed by atoms with Crippen molar-refractivity contribution >= 4 is 11.9 Å². The minimum absolute atomic E-state index is 0. The topological polar surface area (TPSA) is 94.8 Å². The van der Waals surface area contributed by atoms with E-state index in [1.165, 1.54) is 0 Å². The monoisotopic (exact) mass is 348 g/mol. The van der Waals surface area contributed by atoms with Crippen molar-refractivity contribution in [3.63, 3.8) is 0 Å². The molecule has 1 unspecified atom stereocenters. The second-order valence-electron chi connectivity index (χ2n) is 1.45. The molecule has 0 saturated heterocycles. The number of rotatable bonds is 3. The Morgan fingerprint density at radius 1 is 1.18 bits per heavy atom. The summed E-state index contributed by atoms with van der Waals surface area (Å²) in [6.07, 6.45) is -2.54. The third kappa shape index (κ3) is 10.4. The molecule has 0 rings (SSSR count). The van der Waals surface area contributed by atoms with Crippen molar-refractivity contribution in [1.82, 2.24) is 0 Å². The first kappa shape index (κ1) is 17.5. The van der Waals surface area contributed by atoms with Crippen molar-refractivity contribution in [3.8, 4) is 0 Å². The predicted molar refractivity (Wildman–Crippen MR) is 25.9 cm³/mol. The van der Waals surface area contributed by atoms with Crippen LogP contribution in [0.1, 0.15) is 6.42 Å². The van der Waals surface area contributed by atoms with Crippen molar-refractivity contribution in [1.29, 1.82) is 0 Å². The summed E-state index contributed by atoms with van der Waals surface area (Å²) in [7, 11) is 0. The average Bonchev–Trinajstić information content (AvgIpc) is 1.63. The number of aliphatic hydroxyl groups is 1.